The molecular formula is C70H116N2Ni. The maximum absolute atomic E-state index is 5.23. The summed E-state index contributed by atoms with van der Waals surface area (Å²) in [7, 11) is 0. The SMILES string of the molecule is CCCCCCCCCCCCCCCCCCCCCC#CCCCc1ccccc1/N=C\C(CCCC)=N\c1ccccc1CCCC#CCCCCCCCCCCCCCCCCCCCCC.[Ni]. The smallest absolute Gasteiger partial charge is 0.0665 e. The van der Waals surface area contributed by atoms with E-state index in [-0.39, 0.29) is 16.5 Å². The van der Waals surface area contributed by atoms with E-state index < -0.39 is 0 Å². The number of hydrogen-bond donors (Lipinski definition) is 0. The van der Waals surface area contributed by atoms with E-state index in [4.69, 9.17) is 9.98 Å². The van der Waals surface area contributed by atoms with Gasteiger partial charge in [-0.2, -0.15) is 0 Å². The molecule has 3 heteroatoms. The van der Waals surface area contributed by atoms with Gasteiger partial charge in [0.2, 0.25) is 0 Å². The zero-order valence-corrected chi connectivity index (χ0v) is 49.5. The maximum Gasteiger partial charge on any atom is 0.0665 e. The standard InChI is InChI=1S/C70H116N2.Ni/c1-4-7-10-12-14-16-18-20-22-24-26-28-30-32-34-36-38-40-42-44-46-48-50-52-58-66-60-54-56-63-69(66)71-65-68(62-9-6-3)72-70-64-57-55-61-67(70)59-53-51-49-47-45-43-41-39-37-35-33-31-29-27-25-23-21-19-17-15-13-11-8-5-2;/h54-57,60-61,63-65H,4-45,50-53,58-59,62H2,1-3H3;/b71-65-,72-68+;. The second-order valence-corrected chi connectivity index (χ2v) is 21.9. The molecule has 0 aliphatic rings. The molecule has 0 fully saturated rings. The van der Waals surface area contributed by atoms with Gasteiger partial charge in [-0.15, -0.1) is 23.7 Å². The normalized spacial score (nSPS) is 11.4. The molecule has 0 radical (unpaired) electrons. The van der Waals surface area contributed by atoms with Crippen LogP contribution in [0.4, 0.5) is 11.4 Å². The van der Waals surface area contributed by atoms with E-state index in [1.165, 1.54) is 255 Å². The number of hydrogen-bond acceptors (Lipinski definition) is 2. The van der Waals surface area contributed by atoms with E-state index in [9.17, 15) is 0 Å². The molecule has 0 spiro atoms. The molecule has 0 aromatic heterocycles. The first-order valence-electron chi connectivity index (χ1n) is 32.0. The van der Waals surface area contributed by atoms with E-state index >= 15 is 0 Å². The van der Waals surface area contributed by atoms with Gasteiger partial charge in [-0.3, -0.25) is 9.98 Å². The summed E-state index contributed by atoms with van der Waals surface area (Å²) >= 11 is 0. The van der Waals surface area contributed by atoms with Crippen LogP contribution < -0.4 is 0 Å². The zero-order chi connectivity index (χ0) is 51.1. The fraction of sp³-hybridized carbons (Fsp3) is 0.743. The number of rotatable bonds is 50. The quantitative estimate of drug-likeness (QED) is 0.0273. The summed E-state index contributed by atoms with van der Waals surface area (Å²) in [5.41, 5.74) is 5.85. The van der Waals surface area contributed by atoms with Crippen LogP contribution in [0.3, 0.4) is 0 Å². The Balaban J connectivity index is 0.0000266. The van der Waals surface area contributed by atoms with Crippen molar-refractivity contribution in [3.05, 3.63) is 59.7 Å². The number of aliphatic imine (C=N–C) groups is 2. The molecule has 0 aliphatic heterocycles. The van der Waals surface area contributed by atoms with E-state index in [2.05, 4.69) is 93.0 Å². The van der Waals surface area contributed by atoms with E-state index in [0.717, 1.165) is 87.7 Å². The van der Waals surface area contributed by atoms with Crippen molar-refractivity contribution >= 4 is 23.3 Å². The van der Waals surface area contributed by atoms with Crippen LogP contribution in [0.2, 0.25) is 0 Å². The first-order valence-corrected chi connectivity index (χ1v) is 32.0. The van der Waals surface area contributed by atoms with Gasteiger partial charge in [-0.1, -0.05) is 295 Å². The molecule has 73 heavy (non-hydrogen) atoms. The van der Waals surface area contributed by atoms with Crippen molar-refractivity contribution in [3.63, 3.8) is 0 Å². The molecule has 0 aliphatic carbocycles. The number of aryl methyl sites for hydroxylation is 2. The number of nitrogens with zero attached hydrogens (tertiary/aromatic N) is 2. The molecule has 2 aromatic rings. The number of benzene rings is 2. The van der Waals surface area contributed by atoms with Crippen LogP contribution in [0, 0.1) is 23.7 Å². The van der Waals surface area contributed by atoms with Gasteiger partial charge >= 0.3 is 0 Å². The van der Waals surface area contributed by atoms with Crippen LogP contribution in [-0.4, -0.2) is 11.9 Å². The molecule has 0 bridgehead atoms. The topological polar surface area (TPSA) is 24.7 Å². The summed E-state index contributed by atoms with van der Waals surface area (Å²) in [6, 6.07) is 17.4. The molecule has 2 nitrogen and oxygen atoms in total. The predicted molar refractivity (Wildman–Crippen MR) is 325 cm³/mol. The minimum absolute atomic E-state index is 0. The van der Waals surface area contributed by atoms with Crippen molar-refractivity contribution in [2.75, 3.05) is 0 Å². The molecule has 0 unspecified atom stereocenters. The summed E-state index contributed by atoms with van der Waals surface area (Å²) < 4.78 is 0. The molecule has 0 atom stereocenters. The van der Waals surface area contributed by atoms with Gasteiger partial charge in [0.25, 0.3) is 0 Å². The van der Waals surface area contributed by atoms with E-state index in [1.807, 2.05) is 6.21 Å². The van der Waals surface area contributed by atoms with Crippen LogP contribution in [0.25, 0.3) is 0 Å². The van der Waals surface area contributed by atoms with Crippen LogP contribution >= 0.6 is 0 Å². The average Bonchev–Trinajstić information content (AvgIpc) is 3.40. The first kappa shape index (κ1) is 68.4. The summed E-state index contributed by atoms with van der Waals surface area (Å²) in [4.78, 5) is 10.3. The third-order valence-electron chi connectivity index (χ3n) is 14.9. The molecular weight excluding hydrogens is 927 g/mol. The van der Waals surface area contributed by atoms with E-state index in [1.54, 1.807) is 0 Å². The van der Waals surface area contributed by atoms with Crippen LogP contribution in [0.5, 0.6) is 0 Å². The van der Waals surface area contributed by atoms with E-state index in [0.29, 0.717) is 0 Å². The Morgan fingerprint density at radius 2 is 0.603 bits per heavy atom. The van der Waals surface area contributed by atoms with Crippen molar-refractivity contribution in [2.45, 2.75) is 335 Å². The maximum atomic E-state index is 5.23. The molecule has 0 heterocycles. The zero-order valence-electron chi connectivity index (χ0n) is 48.6. The molecule has 2 aromatic carbocycles. The van der Waals surface area contributed by atoms with Crippen molar-refractivity contribution in [2.24, 2.45) is 9.98 Å². The molecule has 0 saturated heterocycles. The van der Waals surface area contributed by atoms with Crippen molar-refractivity contribution < 1.29 is 16.5 Å². The van der Waals surface area contributed by atoms with Crippen LogP contribution in [-0.2, 0) is 29.3 Å². The van der Waals surface area contributed by atoms with Crippen LogP contribution in [0.15, 0.2) is 58.5 Å². The van der Waals surface area contributed by atoms with Gasteiger partial charge in [-0.05, 0) is 74.6 Å². The number of unbranched alkanes of at least 4 members (excludes halogenated alkanes) is 41. The Bertz CT molecular complexity index is 1670. The second kappa shape index (κ2) is 55.6. The monoisotopic (exact) mass is 1040 g/mol. The van der Waals surface area contributed by atoms with Crippen molar-refractivity contribution in [1.29, 1.82) is 0 Å². The third-order valence-corrected chi connectivity index (χ3v) is 14.9. The summed E-state index contributed by atoms with van der Waals surface area (Å²) in [5, 5.41) is 0. The second-order valence-electron chi connectivity index (χ2n) is 21.9. The molecule has 2 rings (SSSR count). The van der Waals surface area contributed by atoms with Gasteiger partial charge in [0, 0.05) is 48.4 Å². The molecule has 0 saturated carbocycles. The van der Waals surface area contributed by atoms with Gasteiger partial charge in [0.15, 0.2) is 0 Å². The van der Waals surface area contributed by atoms with Gasteiger partial charge in [0.1, 0.15) is 0 Å². The largest absolute Gasteiger partial charge is 0.255 e. The Morgan fingerprint density at radius 1 is 0.329 bits per heavy atom. The van der Waals surface area contributed by atoms with Gasteiger partial charge in [-0.25, -0.2) is 0 Å². The predicted octanol–water partition coefficient (Wildman–Crippen LogP) is 23.6. The Labute approximate surface area is 465 Å². The Kier molecular flexibility index (Phi) is 52.1. The molecule has 416 valence electrons. The minimum Gasteiger partial charge on any atom is -0.255 e. The third kappa shape index (κ3) is 44.3. The summed E-state index contributed by atoms with van der Waals surface area (Å²) in [6.45, 7) is 6.87. The fourth-order valence-electron chi connectivity index (χ4n) is 10.2. The average molecular weight is 1040 g/mol. The fourth-order valence-corrected chi connectivity index (χ4v) is 10.2. The molecule has 0 amide bonds. The number of para-hydroxylation sites is 2. The summed E-state index contributed by atoms with van der Waals surface area (Å²) in [5.74, 6) is 13.9. The summed E-state index contributed by atoms with van der Waals surface area (Å²) in [6.07, 6.45) is 67.6. The Morgan fingerprint density at radius 3 is 0.945 bits per heavy atom. The first-order chi connectivity index (χ1) is 35.8. The van der Waals surface area contributed by atoms with Crippen LogP contribution in [0.1, 0.15) is 334 Å². The van der Waals surface area contributed by atoms with Crippen molar-refractivity contribution in [3.8, 4) is 23.7 Å². The van der Waals surface area contributed by atoms with Gasteiger partial charge < -0.3 is 0 Å². The minimum atomic E-state index is 0. The molecule has 0 N–H and O–H groups in total. The van der Waals surface area contributed by atoms with Crippen molar-refractivity contribution in [1.82, 2.24) is 0 Å². The van der Waals surface area contributed by atoms with Gasteiger partial charge in [0.05, 0.1) is 17.1 Å². The Hall–Kier alpha value is -2.61.